The van der Waals surface area contributed by atoms with Crippen molar-refractivity contribution in [3.63, 3.8) is 0 Å². The van der Waals surface area contributed by atoms with Crippen molar-refractivity contribution in [3.8, 4) is 22.3 Å². The standard InChI is InChI=1S/C52H32N2S2/c1-2-12-35(13-3-1)50-44-16-6-8-18-46(44)54-51-42(17-10-20-49(51)56-52(50)54)34-23-25-37(26-24-34)53(39-28-30-48-45(32-39)43-15-7-9-19-47(43)55-48)38-27-29-41-36(31-38)22-21-33-11-4-5-14-40(33)41/h1-32H. The van der Waals surface area contributed by atoms with Gasteiger partial charge in [0.1, 0.15) is 4.83 Å². The second-order valence-corrected chi connectivity index (χ2v) is 16.6. The Labute approximate surface area is 331 Å². The van der Waals surface area contributed by atoms with Gasteiger partial charge in [0.2, 0.25) is 0 Å². The summed E-state index contributed by atoms with van der Waals surface area (Å²) in [6.07, 6.45) is 0. The van der Waals surface area contributed by atoms with Crippen LogP contribution in [0, 0.1) is 0 Å². The minimum Gasteiger partial charge on any atom is -0.310 e. The molecule has 0 fully saturated rings. The smallest absolute Gasteiger partial charge is 0.109 e. The number of hydrogen-bond acceptors (Lipinski definition) is 3. The molecule has 0 saturated carbocycles. The third kappa shape index (κ3) is 4.80. The zero-order valence-corrected chi connectivity index (χ0v) is 31.8. The van der Waals surface area contributed by atoms with Gasteiger partial charge in [-0.05, 0) is 93.3 Å². The van der Waals surface area contributed by atoms with Crippen LogP contribution in [0.1, 0.15) is 0 Å². The van der Waals surface area contributed by atoms with Gasteiger partial charge in [-0.2, -0.15) is 0 Å². The summed E-state index contributed by atoms with van der Waals surface area (Å²) in [5, 5.41) is 8.91. The molecule has 0 atom stereocenters. The van der Waals surface area contributed by atoms with Crippen molar-refractivity contribution >= 4 is 107 Å². The monoisotopic (exact) mass is 748 g/mol. The lowest BCUT2D eigenvalue weighted by atomic mass is 10.0. The zero-order chi connectivity index (χ0) is 36.7. The van der Waals surface area contributed by atoms with Crippen molar-refractivity contribution in [1.82, 2.24) is 4.40 Å². The van der Waals surface area contributed by atoms with Crippen molar-refractivity contribution in [2.75, 3.05) is 4.90 Å². The van der Waals surface area contributed by atoms with Crippen LogP contribution >= 0.6 is 22.7 Å². The average Bonchev–Trinajstić information content (AvgIpc) is 3.93. The van der Waals surface area contributed by atoms with Crippen LogP contribution < -0.4 is 4.90 Å². The molecule has 0 spiro atoms. The number of anilines is 3. The number of thiophene rings is 1. The SMILES string of the molecule is c1ccc(-c2c3ccccc3n3c2sc2cccc(-c4ccc(N(c5ccc6c(ccc7ccccc76)c5)c5ccc6sc7ccccc7c6c5)cc4)c23)cc1. The zero-order valence-electron chi connectivity index (χ0n) is 30.2. The van der Waals surface area contributed by atoms with E-state index in [0.717, 1.165) is 17.1 Å². The second-order valence-electron chi connectivity index (χ2n) is 14.5. The van der Waals surface area contributed by atoms with Crippen LogP contribution in [0.2, 0.25) is 0 Å². The first-order chi connectivity index (χ1) is 27.8. The van der Waals surface area contributed by atoms with Gasteiger partial charge in [0.25, 0.3) is 0 Å². The minimum atomic E-state index is 1.12. The van der Waals surface area contributed by atoms with Crippen LogP contribution in [0.15, 0.2) is 194 Å². The predicted octanol–water partition coefficient (Wildman–Crippen LogP) is 15.8. The number of nitrogens with zero attached hydrogens (tertiary/aromatic N) is 2. The van der Waals surface area contributed by atoms with E-state index in [1.807, 2.05) is 22.7 Å². The first-order valence-electron chi connectivity index (χ1n) is 19.0. The number of aromatic nitrogens is 1. The summed E-state index contributed by atoms with van der Waals surface area (Å²) < 4.78 is 6.40. The Morgan fingerprint density at radius 3 is 1.93 bits per heavy atom. The second kappa shape index (κ2) is 12.4. The van der Waals surface area contributed by atoms with E-state index in [4.69, 9.17) is 0 Å². The van der Waals surface area contributed by atoms with E-state index in [9.17, 15) is 0 Å². The Bertz CT molecular complexity index is 3480. The highest BCUT2D eigenvalue weighted by molar-refractivity contribution is 7.26. The largest absolute Gasteiger partial charge is 0.310 e. The van der Waals surface area contributed by atoms with Gasteiger partial charge in [0, 0.05) is 53.7 Å². The topological polar surface area (TPSA) is 7.65 Å². The van der Waals surface area contributed by atoms with E-state index < -0.39 is 0 Å². The summed E-state index contributed by atoms with van der Waals surface area (Å²) in [6, 6.07) is 71.4. The summed E-state index contributed by atoms with van der Waals surface area (Å²) in [5.41, 5.74) is 10.9. The van der Waals surface area contributed by atoms with Crippen molar-refractivity contribution < 1.29 is 0 Å². The summed E-state index contributed by atoms with van der Waals surface area (Å²) in [4.78, 5) is 3.70. The van der Waals surface area contributed by atoms with E-state index in [0.29, 0.717) is 0 Å². The number of benzene rings is 9. The normalized spacial score (nSPS) is 11.9. The first kappa shape index (κ1) is 31.6. The molecule has 4 heteroatoms. The van der Waals surface area contributed by atoms with E-state index in [2.05, 4.69) is 203 Å². The lowest BCUT2D eigenvalue weighted by molar-refractivity contribution is 1.30. The lowest BCUT2D eigenvalue weighted by Crippen LogP contribution is -2.09. The molecule has 0 N–H and O–H groups in total. The van der Waals surface area contributed by atoms with Crippen LogP contribution in [0.3, 0.4) is 0 Å². The Morgan fingerprint density at radius 1 is 0.375 bits per heavy atom. The molecule has 0 aliphatic heterocycles. The lowest BCUT2D eigenvalue weighted by Gasteiger charge is -2.26. The fraction of sp³-hybridized carbons (Fsp3) is 0. The average molecular weight is 749 g/mol. The molecule has 12 aromatic rings. The van der Waals surface area contributed by atoms with E-state index >= 15 is 0 Å². The molecule has 3 aromatic heterocycles. The van der Waals surface area contributed by atoms with Crippen LogP contribution in [0.4, 0.5) is 17.1 Å². The van der Waals surface area contributed by atoms with E-state index in [1.54, 1.807) is 0 Å². The molecular weight excluding hydrogens is 717 g/mol. The third-order valence-electron chi connectivity index (χ3n) is 11.4. The molecule has 0 radical (unpaired) electrons. The number of thiazole rings is 1. The Hall–Kier alpha value is -6.72. The van der Waals surface area contributed by atoms with Gasteiger partial charge in [-0.3, -0.25) is 4.40 Å². The van der Waals surface area contributed by atoms with Crippen molar-refractivity contribution in [3.05, 3.63) is 194 Å². The van der Waals surface area contributed by atoms with Crippen LogP contribution in [0.25, 0.3) is 89.9 Å². The number of fused-ring (bicyclic) bond motifs is 11. The van der Waals surface area contributed by atoms with Crippen LogP contribution in [-0.4, -0.2) is 4.40 Å². The molecule has 262 valence electrons. The highest BCUT2D eigenvalue weighted by atomic mass is 32.1. The molecule has 0 saturated heterocycles. The Morgan fingerprint density at radius 2 is 1.04 bits per heavy atom. The maximum Gasteiger partial charge on any atom is 0.109 e. The predicted molar refractivity (Wildman–Crippen MR) is 244 cm³/mol. The minimum absolute atomic E-state index is 1.12. The fourth-order valence-electron chi connectivity index (χ4n) is 8.82. The van der Waals surface area contributed by atoms with Crippen LogP contribution in [0.5, 0.6) is 0 Å². The van der Waals surface area contributed by atoms with Gasteiger partial charge in [-0.1, -0.05) is 133 Å². The first-order valence-corrected chi connectivity index (χ1v) is 20.6. The molecule has 56 heavy (non-hydrogen) atoms. The number of hydrogen-bond donors (Lipinski definition) is 0. The Kier molecular flexibility index (Phi) is 7.00. The van der Waals surface area contributed by atoms with Gasteiger partial charge in [0.15, 0.2) is 0 Å². The summed E-state index contributed by atoms with van der Waals surface area (Å²) in [6.45, 7) is 0. The molecule has 0 bridgehead atoms. The van der Waals surface area contributed by atoms with Gasteiger partial charge in [-0.15, -0.1) is 22.7 Å². The van der Waals surface area contributed by atoms with Crippen LogP contribution in [-0.2, 0) is 0 Å². The highest BCUT2D eigenvalue weighted by Crippen LogP contribution is 2.46. The van der Waals surface area contributed by atoms with Gasteiger partial charge in [0.05, 0.1) is 15.7 Å². The number of rotatable bonds is 5. The van der Waals surface area contributed by atoms with Crippen molar-refractivity contribution in [2.45, 2.75) is 0 Å². The molecule has 9 aromatic carbocycles. The molecule has 2 nitrogen and oxygen atoms in total. The maximum atomic E-state index is 2.49. The van der Waals surface area contributed by atoms with Crippen molar-refractivity contribution in [2.24, 2.45) is 0 Å². The summed E-state index contributed by atoms with van der Waals surface area (Å²) in [5.74, 6) is 0. The molecule has 12 rings (SSSR count). The van der Waals surface area contributed by atoms with Gasteiger partial charge in [-0.25, -0.2) is 0 Å². The Balaban J connectivity index is 1.04. The highest BCUT2D eigenvalue weighted by Gasteiger charge is 2.21. The molecule has 0 unspecified atom stereocenters. The molecule has 0 aliphatic carbocycles. The maximum absolute atomic E-state index is 2.49. The fourth-order valence-corrected chi connectivity index (χ4v) is 11.2. The summed E-state index contributed by atoms with van der Waals surface area (Å²) in [7, 11) is 0. The third-order valence-corrected chi connectivity index (χ3v) is 13.6. The number of para-hydroxylation sites is 2. The molecule has 0 amide bonds. The van der Waals surface area contributed by atoms with Crippen molar-refractivity contribution in [1.29, 1.82) is 0 Å². The quantitative estimate of drug-likeness (QED) is 0.159. The molecule has 3 heterocycles. The van der Waals surface area contributed by atoms with E-state index in [-0.39, 0.29) is 0 Å². The molecular formula is C52H32N2S2. The summed E-state index contributed by atoms with van der Waals surface area (Å²) >= 11 is 3.74. The van der Waals surface area contributed by atoms with E-state index in [1.165, 1.54) is 89.9 Å². The molecule has 0 aliphatic rings. The van der Waals surface area contributed by atoms with Gasteiger partial charge < -0.3 is 4.90 Å². The van der Waals surface area contributed by atoms with Gasteiger partial charge >= 0.3 is 0 Å².